The number of hydrogen-bond donors (Lipinski definition) is 0. The molecule has 0 spiro atoms. The van der Waals surface area contributed by atoms with E-state index in [0.29, 0.717) is 17.5 Å². The van der Waals surface area contributed by atoms with Gasteiger partial charge in [0.15, 0.2) is 0 Å². The van der Waals surface area contributed by atoms with E-state index < -0.39 is 0 Å². The van der Waals surface area contributed by atoms with Gasteiger partial charge in [-0.3, -0.25) is 4.79 Å². The number of rotatable bonds is 6. The Hall–Kier alpha value is -1.39. The molecule has 1 aliphatic rings. The summed E-state index contributed by atoms with van der Waals surface area (Å²) in [5.74, 6) is 0.191. The molecule has 3 rings (SSSR count). The van der Waals surface area contributed by atoms with Crippen LogP contribution in [0.15, 0.2) is 35.8 Å². The van der Waals surface area contributed by atoms with E-state index in [-0.39, 0.29) is 5.91 Å². The Bertz CT molecular complexity index is 610. The number of benzene rings is 1. The van der Waals surface area contributed by atoms with Gasteiger partial charge in [0.2, 0.25) is 5.91 Å². The molecule has 0 N–H and O–H groups in total. The highest BCUT2D eigenvalue weighted by atomic mass is 35.5. The van der Waals surface area contributed by atoms with Crippen molar-refractivity contribution in [3.8, 4) is 0 Å². The molecule has 0 saturated heterocycles. The third-order valence-electron chi connectivity index (χ3n) is 3.60. The third-order valence-corrected chi connectivity index (χ3v) is 4.68. The van der Waals surface area contributed by atoms with Gasteiger partial charge in [0.05, 0.1) is 11.4 Å². The number of nitrogens with zero attached hydrogens (tertiary/aromatic N) is 2. The van der Waals surface area contributed by atoms with Gasteiger partial charge >= 0.3 is 0 Å². The Labute approximate surface area is 133 Å². The van der Waals surface area contributed by atoms with Crippen molar-refractivity contribution >= 4 is 28.8 Å². The summed E-state index contributed by atoms with van der Waals surface area (Å²) in [4.78, 5) is 18.8. The van der Waals surface area contributed by atoms with E-state index in [1.807, 2.05) is 40.7 Å². The van der Waals surface area contributed by atoms with Crippen LogP contribution in [0.4, 0.5) is 0 Å². The fourth-order valence-electron chi connectivity index (χ4n) is 2.41. The first-order valence-electron chi connectivity index (χ1n) is 7.14. The van der Waals surface area contributed by atoms with Crippen LogP contribution >= 0.6 is 22.9 Å². The van der Waals surface area contributed by atoms with Gasteiger partial charge in [-0.25, -0.2) is 4.98 Å². The highest BCUT2D eigenvalue weighted by Crippen LogP contribution is 2.28. The fourth-order valence-corrected chi connectivity index (χ4v) is 3.24. The number of amides is 1. The van der Waals surface area contributed by atoms with Crippen LogP contribution in [0.1, 0.15) is 23.4 Å². The molecule has 1 heterocycles. The fraction of sp³-hybridized carbons (Fsp3) is 0.375. The molecule has 3 nitrogen and oxygen atoms in total. The Balaban J connectivity index is 1.62. The van der Waals surface area contributed by atoms with Crippen LogP contribution in [0.2, 0.25) is 5.02 Å². The number of carbonyl (C=O) groups excluding carboxylic acids is 1. The zero-order valence-electron chi connectivity index (χ0n) is 11.7. The van der Waals surface area contributed by atoms with Crippen LogP contribution < -0.4 is 0 Å². The molecule has 1 aliphatic carbocycles. The summed E-state index contributed by atoms with van der Waals surface area (Å²) in [5, 5.41) is 3.75. The van der Waals surface area contributed by atoms with E-state index in [2.05, 4.69) is 4.98 Å². The molecule has 2 aromatic rings. The standard InChI is InChI=1S/C16H17ClN2OS/c17-13-3-1-2-12(10-13)11-16(20)19(14-4-5-14)8-6-15-18-7-9-21-15/h1-3,7,9-10,14H,4-6,8,11H2. The molecule has 21 heavy (non-hydrogen) atoms. The van der Waals surface area contributed by atoms with Gasteiger partial charge in [-0.05, 0) is 30.5 Å². The van der Waals surface area contributed by atoms with Crippen LogP contribution in [0.3, 0.4) is 0 Å². The first kappa shape index (κ1) is 14.5. The highest BCUT2D eigenvalue weighted by Gasteiger charge is 2.32. The first-order valence-corrected chi connectivity index (χ1v) is 8.40. The van der Waals surface area contributed by atoms with Crippen molar-refractivity contribution in [2.45, 2.75) is 31.7 Å². The smallest absolute Gasteiger partial charge is 0.227 e. The molecule has 0 bridgehead atoms. The average Bonchev–Trinajstić information content (AvgIpc) is 3.14. The molecular formula is C16H17ClN2OS. The molecule has 1 aromatic heterocycles. The van der Waals surface area contributed by atoms with Crippen molar-refractivity contribution in [2.24, 2.45) is 0 Å². The molecule has 0 atom stereocenters. The Morgan fingerprint density at radius 1 is 1.43 bits per heavy atom. The van der Waals surface area contributed by atoms with Crippen molar-refractivity contribution in [1.82, 2.24) is 9.88 Å². The maximum Gasteiger partial charge on any atom is 0.227 e. The Morgan fingerprint density at radius 3 is 2.95 bits per heavy atom. The van der Waals surface area contributed by atoms with E-state index >= 15 is 0 Å². The zero-order valence-corrected chi connectivity index (χ0v) is 13.2. The van der Waals surface area contributed by atoms with Crippen LogP contribution in [0.5, 0.6) is 0 Å². The number of carbonyl (C=O) groups is 1. The molecule has 0 unspecified atom stereocenters. The molecule has 1 fully saturated rings. The minimum atomic E-state index is 0.191. The minimum absolute atomic E-state index is 0.191. The first-order chi connectivity index (χ1) is 10.2. The molecule has 0 aliphatic heterocycles. The predicted octanol–water partition coefficient (Wildman–Crippen LogP) is 3.57. The minimum Gasteiger partial charge on any atom is -0.339 e. The number of aromatic nitrogens is 1. The Kier molecular flexibility index (Phi) is 4.56. The van der Waals surface area contributed by atoms with E-state index in [1.54, 1.807) is 11.3 Å². The van der Waals surface area contributed by atoms with Crippen molar-refractivity contribution in [3.05, 3.63) is 51.4 Å². The highest BCUT2D eigenvalue weighted by molar-refractivity contribution is 7.09. The van der Waals surface area contributed by atoms with Crippen LogP contribution in [-0.2, 0) is 17.6 Å². The van der Waals surface area contributed by atoms with E-state index in [0.717, 1.165) is 36.4 Å². The number of thiazole rings is 1. The summed E-state index contributed by atoms with van der Waals surface area (Å²) < 4.78 is 0. The van der Waals surface area contributed by atoms with Crippen molar-refractivity contribution in [2.75, 3.05) is 6.54 Å². The second kappa shape index (κ2) is 6.58. The SMILES string of the molecule is O=C(Cc1cccc(Cl)c1)N(CCc1nccs1)C1CC1. The molecule has 1 saturated carbocycles. The quantitative estimate of drug-likeness (QED) is 0.815. The van der Waals surface area contributed by atoms with Gasteiger partial charge < -0.3 is 4.90 Å². The van der Waals surface area contributed by atoms with E-state index in [1.165, 1.54) is 0 Å². The van der Waals surface area contributed by atoms with Crippen molar-refractivity contribution in [1.29, 1.82) is 0 Å². The van der Waals surface area contributed by atoms with Crippen LogP contribution in [0, 0.1) is 0 Å². The largest absolute Gasteiger partial charge is 0.339 e. The molecule has 110 valence electrons. The lowest BCUT2D eigenvalue weighted by Gasteiger charge is -2.22. The van der Waals surface area contributed by atoms with Crippen LogP contribution in [0.25, 0.3) is 0 Å². The van der Waals surface area contributed by atoms with Gasteiger partial charge in [-0.1, -0.05) is 23.7 Å². The summed E-state index contributed by atoms with van der Waals surface area (Å²) in [6, 6.07) is 7.97. The molecular weight excluding hydrogens is 304 g/mol. The summed E-state index contributed by atoms with van der Waals surface area (Å²) in [6.45, 7) is 0.761. The maximum absolute atomic E-state index is 12.5. The Morgan fingerprint density at radius 2 is 2.29 bits per heavy atom. The van der Waals surface area contributed by atoms with Crippen molar-refractivity contribution < 1.29 is 4.79 Å². The normalized spacial score (nSPS) is 14.1. The summed E-state index contributed by atoms with van der Waals surface area (Å²) >= 11 is 7.63. The lowest BCUT2D eigenvalue weighted by Crippen LogP contribution is -2.36. The zero-order chi connectivity index (χ0) is 14.7. The summed E-state index contributed by atoms with van der Waals surface area (Å²) in [7, 11) is 0. The van der Waals surface area contributed by atoms with Gasteiger partial charge in [-0.15, -0.1) is 11.3 Å². The lowest BCUT2D eigenvalue weighted by atomic mass is 10.1. The molecule has 0 radical (unpaired) electrons. The van der Waals surface area contributed by atoms with Crippen LogP contribution in [-0.4, -0.2) is 28.4 Å². The van der Waals surface area contributed by atoms with Crippen molar-refractivity contribution in [3.63, 3.8) is 0 Å². The molecule has 1 amide bonds. The second-order valence-electron chi connectivity index (χ2n) is 5.30. The maximum atomic E-state index is 12.5. The second-order valence-corrected chi connectivity index (χ2v) is 6.72. The van der Waals surface area contributed by atoms with Gasteiger partial charge in [0.1, 0.15) is 0 Å². The van der Waals surface area contributed by atoms with Gasteiger partial charge in [0.25, 0.3) is 0 Å². The van der Waals surface area contributed by atoms with E-state index in [9.17, 15) is 4.79 Å². The average molecular weight is 321 g/mol. The summed E-state index contributed by atoms with van der Waals surface area (Å²) in [6.07, 6.45) is 5.33. The topological polar surface area (TPSA) is 33.2 Å². The van der Waals surface area contributed by atoms with E-state index in [4.69, 9.17) is 11.6 Å². The predicted molar refractivity (Wildman–Crippen MR) is 85.7 cm³/mol. The monoisotopic (exact) mass is 320 g/mol. The number of halogens is 1. The third kappa shape index (κ3) is 4.05. The summed E-state index contributed by atoms with van der Waals surface area (Å²) in [5.41, 5.74) is 0.979. The molecule has 1 aromatic carbocycles. The number of hydrogen-bond acceptors (Lipinski definition) is 3. The van der Waals surface area contributed by atoms with Gasteiger partial charge in [0, 0.05) is 35.6 Å². The lowest BCUT2D eigenvalue weighted by molar-refractivity contribution is -0.131. The molecule has 5 heteroatoms. The van der Waals surface area contributed by atoms with Gasteiger partial charge in [-0.2, -0.15) is 0 Å².